The van der Waals surface area contributed by atoms with Gasteiger partial charge in [-0.05, 0) is 13.8 Å². The van der Waals surface area contributed by atoms with Gasteiger partial charge < -0.3 is 9.05 Å². The van der Waals surface area contributed by atoms with E-state index in [1.165, 1.54) is 13.8 Å². The molecular weight excluding hydrogens is 459 g/mol. The molecule has 1 heterocycles. The number of hydrogen-bond acceptors (Lipinski definition) is 5. The molecule has 0 amide bonds. The molecule has 0 aliphatic rings. The summed E-state index contributed by atoms with van der Waals surface area (Å²) < 4.78 is 81.9. The van der Waals surface area contributed by atoms with Crippen molar-refractivity contribution >= 4 is 13.3 Å². The highest BCUT2D eigenvalue weighted by Crippen LogP contribution is 2.62. The number of nitrogens with zero attached hydrogens (tertiary/aromatic N) is 2. The molecule has 174 valence electrons. The van der Waals surface area contributed by atoms with Crippen LogP contribution in [-0.2, 0) is 13.6 Å². The van der Waals surface area contributed by atoms with Crippen LogP contribution in [0.2, 0.25) is 0 Å². The smallest absolute Gasteiger partial charge is 0.307 e. The van der Waals surface area contributed by atoms with Gasteiger partial charge in [-0.3, -0.25) is 9.56 Å². The minimum atomic E-state index is -4.47. The normalized spacial score (nSPS) is 12.4. The van der Waals surface area contributed by atoms with Crippen molar-refractivity contribution in [1.82, 2.24) is 4.98 Å². The maximum absolute atomic E-state index is 14.8. The molecule has 3 aromatic rings. The molecule has 0 fully saturated rings. The van der Waals surface area contributed by atoms with Crippen molar-refractivity contribution < 1.29 is 31.2 Å². The zero-order chi connectivity index (χ0) is 24.0. The average molecular weight is 480 g/mol. The van der Waals surface area contributed by atoms with Gasteiger partial charge in [-0.2, -0.15) is 13.8 Å². The molecule has 0 N–H and O–H groups in total. The lowest BCUT2D eigenvalue weighted by Crippen LogP contribution is -2.15. The minimum Gasteiger partial charge on any atom is -0.307 e. The highest BCUT2D eigenvalue weighted by atomic mass is 31.2. The van der Waals surface area contributed by atoms with Gasteiger partial charge in [0, 0.05) is 11.1 Å². The van der Waals surface area contributed by atoms with Crippen molar-refractivity contribution in [3.05, 3.63) is 101 Å². The maximum Gasteiger partial charge on any atom is 0.359 e. The summed E-state index contributed by atoms with van der Waals surface area (Å²) in [5.74, 6) is -9.51. The molecule has 1 unspecified atom stereocenters. The van der Waals surface area contributed by atoms with Gasteiger partial charge in [-0.15, -0.1) is 0 Å². The van der Waals surface area contributed by atoms with Crippen LogP contribution in [0, 0.1) is 23.5 Å². The van der Waals surface area contributed by atoms with Crippen LogP contribution in [-0.4, -0.2) is 23.9 Å². The van der Waals surface area contributed by atoms with E-state index >= 15 is 0 Å². The highest BCUT2D eigenvalue weighted by Gasteiger charge is 2.43. The third-order valence-corrected chi connectivity index (χ3v) is 6.76. The fourth-order valence-electron chi connectivity index (χ4n) is 3.19. The van der Waals surface area contributed by atoms with E-state index in [2.05, 4.69) is 9.98 Å². The fourth-order valence-corrected chi connectivity index (χ4v) is 5.07. The first-order chi connectivity index (χ1) is 15.8. The molecule has 2 aromatic carbocycles. The van der Waals surface area contributed by atoms with Crippen LogP contribution in [0.3, 0.4) is 0 Å². The quantitative estimate of drug-likeness (QED) is 0.153. The van der Waals surface area contributed by atoms with Crippen molar-refractivity contribution in [3.63, 3.8) is 0 Å². The van der Waals surface area contributed by atoms with E-state index in [1.54, 1.807) is 60.7 Å². The Morgan fingerprint density at radius 2 is 1.27 bits per heavy atom. The van der Waals surface area contributed by atoms with Crippen LogP contribution in [0.4, 0.5) is 17.6 Å². The molecule has 33 heavy (non-hydrogen) atoms. The Balaban J connectivity index is 2.38. The van der Waals surface area contributed by atoms with Gasteiger partial charge in [-0.25, -0.2) is 8.78 Å². The van der Waals surface area contributed by atoms with Crippen LogP contribution in [0.15, 0.2) is 65.7 Å². The van der Waals surface area contributed by atoms with Crippen LogP contribution < -0.4 is 0 Å². The fraction of sp³-hybridized carbons (Fsp3) is 0.217. The summed E-state index contributed by atoms with van der Waals surface area (Å²) in [4.78, 5) is 6.94. The first-order valence-corrected chi connectivity index (χ1v) is 11.7. The predicted octanol–water partition coefficient (Wildman–Crippen LogP) is 6.44. The van der Waals surface area contributed by atoms with Crippen molar-refractivity contribution in [2.45, 2.75) is 19.6 Å². The zero-order valence-corrected chi connectivity index (χ0v) is 18.7. The predicted molar refractivity (Wildman–Crippen MR) is 116 cm³/mol. The van der Waals surface area contributed by atoms with Crippen molar-refractivity contribution in [2.75, 3.05) is 13.2 Å². The Labute approximate surface area is 188 Å². The SMILES string of the molecule is CCOP(=O)(OCC)C(N=C(c1ccccc1)c1ccccc1)c1c(F)c(F)nc(F)c1F. The van der Waals surface area contributed by atoms with Gasteiger partial charge in [-0.1, -0.05) is 60.7 Å². The lowest BCUT2D eigenvalue weighted by atomic mass is 10.0. The van der Waals surface area contributed by atoms with E-state index in [9.17, 15) is 22.1 Å². The Kier molecular flexibility index (Phi) is 8.13. The molecule has 0 radical (unpaired) electrons. The second-order valence-corrected chi connectivity index (χ2v) is 8.78. The number of hydrogen-bond donors (Lipinski definition) is 0. The number of halogens is 4. The topological polar surface area (TPSA) is 60.8 Å². The van der Waals surface area contributed by atoms with Gasteiger partial charge in [0.25, 0.3) is 11.9 Å². The summed E-state index contributed by atoms with van der Waals surface area (Å²) in [7, 11) is -4.47. The largest absolute Gasteiger partial charge is 0.359 e. The molecule has 10 heteroatoms. The molecule has 5 nitrogen and oxygen atoms in total. The molecule has 0 bridgehead atoms. The Morgan fingerprint density at radius 1 is 0.848 bits per heavy atom. The lowest BCUT2D eigenvalue weighted by Gasteiger charge is -2.25. The number of pyridine rings is 1. The molecule has 1 atom stereocenters. The van der Waals surface area contributed by atoms with Crippen molar-refractivity contribution in [1.29, 1.82) is 0 Å². The van der Waals surface area contributed by atoms with Gasteiger partial charge >= 0.3 is 7.60 Å². The molecule has 0 aliphatic heterocycles. The summed E-state index contributed by atoms with van der Waals surface area (Å²) in [5, 5.41) is 0. The summed E-state index contributed by atoms with van der Waals surface area (Å²) in [6.07, 6.45) is 0. The van der Waals surface area contributed by atoms with Crippen LogP contribution >= 0.6 is 7.60 Å². The van der Waals surface area contributed by atoms with Crippen molar-refractivity contribution in [3.8, 4) is 0 Å². The van der Waals surface area contributed by atoms with Crippen molar-refractivity contribution in [2.24, 2.45) is 4.99 Å². The van der Waals surface area contributed by atoms with E-state index < -0.39 is 42.5 Å². The lowest BCUT2D eigenvalue weighted by molar-refractivity contribution is 0.211. The highest BCUT2D eigenvalue weighted by molar-refractivity contribution is 7.54. The first-order valence-electron chi connectivity index (χ1n) is 10.1. The van der Waals surface area contributed by atoms with E-state index in [4.69, 9.17) is 9.05 Å². The third kappa shape index (κ3) is 5.38. The van der Waals surface area contributed by atoms with E-state index in [0.717, 1.165) is 0 Å². The molecule has 1 aromatic heterocycles. The Bertz CT molecular complexity index is 1100. The van der Waals surface area contributed by atoms with Crippen LogP contribution in [0.25, 0.3) is 0 Å². The Morgan fingerprint density at radius 3 is 1.67 bits per heavy atom. The molecule has 0 spiro atoms. The molecule has 0 aliphatic carbocycles. The molecule has 3 rings (SSSR count). The zero-order valence-electron chi connectivity index (χ0n) is 17.8. The number of benzene rings is 2. The first kappa shape index (κ1) is 24.8. The van der Waals surface area contributed by atoms with E-state index in [-0.39, 0.29) is 18.9 Å². The standard InChI is InChI=1S/C23H21F4N2O3P/c1-3-31-33(30,32-4-2)23(17-18(24)21(26)29-22(27)19(17)25)28-20(15-11-7-5-8-12-15)16-13-9-6-10-14-16/h5-14,23H,3-4H2,1-2H3. The molecule has 0 saturated carbocycles. The summed E-state index contributed by atoms with van der Waals surface area (Å²) in [5.41, 5.74) is -0.0556. The Hall–Kier alpha value is -2.87. The second kappa shape index (κ2) is 10.8. The van der Waals surface area contributed by atoms with Gasteiger partial charge in [0.1, 0.15) is 0 Å². The van der Waals surface area contributed by atoms with Gasteiger partial charge in [0.15, 0.2) is 17.4 Å². The number of rotatable bonds is 9. The summed E-state index contributed by atoms with van der Waals surface area (Å²) in [6.45, 7) is 2.63. The number of aromatic nitrogens is 1. The monoisotopic (exact) mass is 480 g/mol. The van der Waals surface area contributed by atoms with Gasteiger partial charge in [0.05, 0.1) is 24.5 Å². The van der Waals surface area contributed by atoms with E-state index in [0.29, 0.717) is 11.1 Å². The average Bonchev–Trinajstić information content (AvgIpc) is 2.81. The second-order valence-electron chi connectivity index (χ2n) is 6.69. The number of aliphatic imine (C=N–C) groups is 1. The minimum absolute atomic E-state index is 0.164. The van der Waals surface area contributed by atoms with Crippen LogP contribution in [0.5, 0.6) is 0 Å². The molecular formula is C23H21F4N2O3P. The van der Waals surface area contributed by atoms with E-state index in [1.807, 2.05) is 0 Å². The maximum atomic E-state index is 14.8. The summed E-state index contributed by atoms with van der Waals surface area (Å²) >= 11 is 0. The van der Waals surface area contributed by atoms with Crippen LogP contribution in [0.1, 0.15) is 36.3 Å². The van der Waals surface area contributed by atoms with Gasteiger partial charge in [0.2, 0.25) is 0 Å². The third-order valence-electron chi connectivity index (χ3n) is 4.55. The molecule has 0 saturated heterocycles. The summed E-state index contributed by atoms with van der Waals surface area (Å²) in [6, 6.07) is 17.0.